The molecule has 3 aromatic heterocycles. The van der Waals surface area contributed by atoms with Crippen LogP contribution in [0.15, 0.2) is 68.2 Å². The van der Waals surface area contributed by atoms with Crippen LogP contribution in [0.5, 0.6) is 0 Å². The van der Waals surface area contributed by atoms with Crippen LogP contribution in [0.1, 0.15) is 65.7 Å². The zero-order chi connectivity index (χ0) is 32.0. The molecule has 8 nitrogen and oxygen atoms in total. The number of nitrogens with one attached hydrogen (secondary N) is 2. The number of nitrogens with zero attached hydrogens (tertiary/aromatic N) is 2. The van der Waals surface area contributed by atoms with E-state index in [0.717, 1.165) is 77.6 Å². The number of fused-ring (bicyclic) bond motifs is 8. The highest BCUT2D eigenvalue weighted by Crippen LogP contribution is 2.33. The van der Waals surface area contributed by atoms with E-state index >= 15 is 0 Å². The largest absolute Gasteiger partial charge is 0.355 e. The molecule has 2 unspecified atom stereocenters. The molecule has 0 saturated carbocycles. The van der Waals surface area contributed by atoms with Crippen LogP contribution in [0.2, 0.25) is 0 Å². The SMILES string of the molecule is C=CC1=c2cc3[nH]c(cc4[n+](=C)c(cc5[nH]c(cc([n+]2=C)C1C)c(CC(=C)OO)c5C)C(CC(=C)OO)C=4C)c(C=C)c3C. The summed E-state index contributed by atoms with van der Waals surface area (Å²) in [5, 5.41) is 20.6. The Morgan fingerprint density at radius 1 is 0.818 bits per heavy atom. The maximum Gasteiger partial charge on any atom is 0.216 e. The topological polar surface area (TPSA) is 102 Å². The van der Waals surface area contributed by atoms with E-state index in [-0.39, 0.29) is 23.4 Å². The van der Waals surface area contributed by atoms with E-state index in [1.54, 1.807) is 0 Å². The zero-order valence-electron chi connectivity index (χ0n) is 25.9. The second-order valence-electron chi connectivity index (χ2n) is 11.6. The van der Waals surface area contributed by atoms with Crippen molar-refractivity contribution < 1.29 is 28.8 Å². The number of rotatable bonds is 8. The Kier molecular flexibility index (Phi) is 8.07. The van der Waals surface area contributed by atoms with Crippen LogP contribution >= 0.6 is 0 Å². The van der Waals surface area contributed by atoms with Crippen molar-refractivity contribution in [3.05, 3.63) is 126 Å². The number of hydrogen-bond acceptors (Lipinski definition) is 4. The number of aromatic nitrogens is 4. The average Bonchev–Trinajstić information content (AvgIpc) is 3.61. The molecule has 3 aromatic rings. The van der Waals surface area contributed by atoms with Gasteiger partial charge in [0.25, 0.3) is 0 Å². The van der Waals surface area contributed by atoms with Crippen LogP contribution in [0.4, 0.5) is 0 Å². The van der Waals surface area contributed by atoms with E-state index in [1.807, 2.05) is 27.6 Å². The molecular weight excluding hydrogens is 552 g/mol. The van der Waals surface area contributed by atoms with Crippen molar-refractivity contribution in [2.24, 2.45) is 0 Å². The molecule has 0 spiro atoms. The van der Waals surface area contributed by atoms with E-state index in [1.165, 1.54) is 0 Å². The van der Waals surface area contributed by atoms with E-state index < -0.39 is 0 Å². The normalized spacial score (nSPS) is 16.1. The van der Waals surface area contributed by atoms with Gasteiger partial charge in [0.05, 0.1) is 17.4 Å². The molecule has 0 aliphatic carbocycles. The Balaban J connectivity index is 2.07. The van der Waals surface area contributed by atoms with Crippen LogP contribution in [0.25, 0.3) is 39.3 Å². The first kappa shape index (κ1) is 30.5. The number of aromatic amines is 2. The smallest absolute Gasteiger partial charge is 0.216 e. The van der Waals surface area contributed by atoms with Gasteiger partial charge in [-0.05, 0) is 44.4 Å². The van der Waals surface area contributed by atoms with Crippen LogP contribution in [-0.2, 0) is 16.2 Å². The molecule has 2 aliphatic heterocycles. The van der Waals surface area contributed by atoms with Gasteiger partial charge < -0.3 is 19.7 Å². The van der Waals surface area contributed by atoms with E-state index in [4.69, 9.17) is 0 Å². The van der Waals surface area contributed by atoms with Gasteiger partial charge in [-0.15, -0.1) is 0 Å². The number of hydrogen-bond donors (Lipinski definition) is 4. The van der Waals surface area contributed by atoms with Gasteiger partial charge >= 0.3 is 0 Å². The molecule has 0 aromatic carbocycles. The molecule has 8 bridgehead atoms. The quantitative estimate of drug-likeness (QED) is 0.117. The third kappa shape index (κ3) is 4.92. The van der Waals surface area contributed by atoms with Crippen molar-refractivity contribution >= 4 is 39.3 Å². The first-order valence-electron chi connectivity index (χ1n) is 14.4. The molecule has 0 fully saturated rings. The maximum absolute atomic E-state index is 9.38. The Bertz CT molecular complexity index is 2170. The summed E-state index contributed by atoms with van der Waals surface area (Å²) >= 11 is 0. The summed E-state index contributed by atoms with van der Waals surface area (Å²) in [4.78, 5) is 16.3. The highest BCUT2D eigenvalue weighted by Gasteiger charge is 2.31. The predicted octanol–water partition coefficient (Wildman–Crippen LogP) is 5.67. The minimum atomic E-state index is -0.168. The molecular formula is C36H40N4O4+2. The van der Waals surface area contributed by atoms with Crippen molar-refractivity contribution in [2.45, 2.75) is 52.4 Å². The third-order valence-corrected chi connectivity index (χ3v) is 9.15. The Morgan fingerprint density at radius 2 is 1.41 bits per heavy atom. The summed E-state index contributed by atoms with van der Waals surface area (Å²) in [7, 11) is 0. The molecule has 226 valence electrons. The summed E-state index contributed by atoms with van der Waals surface area (Å²) in [6.07, 6.45) is 4.41. The van der Waals surface area contributed by atoms with Gasteiger partial charge in [0, 0.05) is 70.4 Å². The van der Waals surface area contributed by atoms with Crippen molar-refractivity contribution in [3.63, 3.8) is 0 Å². The summed E-state index contributed by atoms with van der Waals surface area (Å²) in [6.45, 7) is 33.1. The lowest BCUT2D eigenvalue weighted by Crippen LogP contribution is -2.33. The van der Waals surface area contributed by atoms with Gasteiger partial charge in [-0.3, -0.25) is 0 Å². The standard InChI is InChI=1S/C36H38N4O4/c1-11-25-21(5)29-15-35-26(12-2)23(7)33(39(35)9)18-32-27(13-19(3)43-41)22(6)30(38-32)16-36-28(14-20(4)44-42)24(8)34(40(36)10)17-31(25)37-29/h11-12,15-18,23,28,37-38H,1-4,9-10,13-14H2,5-8H3/p+2. The van der Waals surface area contributed by atoms with Crippen molar-refractivity contribution in [2.75, 3.05) is 0 Å². The monoisotopic (exact) mass is 592 g/mol. The van der Waals surface area contributed by atoms with Crippen molar-refractivity contribution in [1.29, 1.82) is 0 Å². The lowest BCUT2D eigenvalue weighted by molar-refractivity contribution is -0.518. The fraction of sp³-hybridized carbons (Fsp3) is 0.222. The second-order valence-corrected chi connectivity index (χ2v) is 11.6. The molecule has 2 aliphatic rings. The number of H-pyrrole nitrogens is 2. The lowest BCUT2D eigenvalue weighted by Gasteiger charge is -2.08. The highest BCUT2D eigenvalue weighted by molar-refractivity contribution is 5.81. The van der Waals surface area contributed by atoms with Crippen LogP contribution < -0.4 is 19.2 Å². The molecule has 0 amide bonds. The predicted molar refractivity (Wildman–Crippen MR) is 174 cm³/mol. The van der Waals surface area contributed by atoms with Gasteiger partial charge in [0.2, 0.25) is 10.7 Å². The van der Waals surface area contributed by atoms with Crippen LogP contribution in [0, 0.1) is 27.3 Å². The van der Waals surface area contributed by atoms with Crippen molar-refractivity contribution in [3.8, 4) is 0 Å². The first-order chi connectivity index (χ1) is 20.9. The fourth-order valence-electron chi connectivity index (χ4n) is 6.54. The third-order valence-electron chi connectivity index (χ3n) is 9.15. The fourth-order valence-corrected chi connectivity index (χ4v) is 6.54. The Morgan fingerprint density at radius 3 is 2.05 bits per heavy atom. The van der Waals surface area contributed by atoms with Crippen molar-refractivity contribution in [1.82, 2.24) is 9.97 Å². The second kappa shape index (κ2) is 11.6. The summed E-state index contributed by atoms with van der Waals surface area (Å²) in [5.74, 6) is 0.313. The van der Waals surface area contributed by atoms with Gasteiger partial charge in [-0.25, -0.2) is 10.5 Å². The Labute approximate surface area is 256 Å². The summed E-state index contributed by atoms with van der Waals surface area (Å²) in [6, 6.07) is 8.34. The molecule has 4 N–H and O–H groups in total. The van der Waals surface area contributed by atoms with Gasteiger partial charge in [0.1, 0.15) is 25.0 Å². The molecule has 44 heavy (non-hydrogen) atoms. The minimum absolute atomic E-state index is 0.00990. The minimum Gasteiger partial charge on any atom is -0.355 e. The van der Waals surface area contributed by atoms with Gasteiger partial charge in [-0.2, -0.15) is 8.49 Å². The van der Waals surface area contributed by atoms with Crippen LogP contribution in [0.3, 0.4) is 0 Å². The molecule has 5 rings (SSSR count). The average molecular weight is 593 g/mol. The lowest BCUT2D eigenvalue weighted by atomic mass is 9.94. The van der Waals surface area contributed by atoms with Gasteiger partial charge in [-0.1, -0.05) is 38.5 Å². The molecule has 0 radical (unpaired) electrons. The highest BCUT2D eigenvalue weighted by atomic mass is 17.1. The summed E-state index contributed by atoms with van der Waals surface area (Å²) in [5.41, 5.74) is 11.5. The summed E-state index contributed by atoms with van der Waals surface area (Å²) < 4.78 is 3.86. The number of aryl methyl sites for hydroxylation is 2. The van der Waals surface area contributed by atoms with E-state index in [2.05, 4.69) is 105 Å². The number of allylic oxidation sites excluding steroid dienone is 3. The molecule has 2 atom stereocenters. The van der Waals surface area contributed by atoms with E-state index in [0.29, 0.717) is 12.8 Å². The Hall–Kier alpha value is -4.92. The first-order valence-corrected chi connectivity index (χ1v) is 14.4. The molecule has 5 heterocycles. The molecule has 8 heteroatoms. The zero-order valence-corrected chi connectivity index (χ0v) is 25.9. The molecule has 0 saturated heterocycles. The van der Waals surface area contributed by atoms with Crippen LogP contribution in [-0.4, -0.2) is 20.5 Å². The maximum atomic E-state index is 9.38. The van der Waals surface area contributed by atoms with E-state index in [9.17, 15) is 10.5 Å². The van der Waals surface area contributed by atoms with Gasteiger partial charge in [0.15, 0.2) is 11.4 Å².